The molecule has 0 aromatic carbocycles. The van der Waals surface area contributed by atoms with Crippen LogP contribution in [0.5, 0.6) is 0 Å². The van der Waals surface area contributed by atoms with E-state index in [1.54, 1.807) is 11.8 Å². The fourth-order valence-electron chi connectivity index (χ4n) is 1.65. The molecule has 1 unspecified atom stereocenters. The predicted molar refractivity (Wildman–Crippen MR) is 61.9 cm³/mol. The largest absolute Gasteiger partial charge is 0.396 e. The Morgan fingerprint density at radius 1 is 1.59 bits per heavy atom. The number of carbonyl (C=O) groups excluding carboxylic acids is 1. The number of methoxy groups -OCH3 is 1. The molecule has 0 aliphatic heterocycles. The second kappa shape index (κ2) is 7.13. The van der Waals surface area contributed by atoms with Crippen LogP contribution in [0.4, 0.5) is 0 Å². The number of rotatable bonds is 8. The molecule has 0 saturated carbocycles. The minimum Gasteiger partial charge on any atom is -0.396 e. The fourth-order valence-corrected chi connectivity index (χ4v) is 1.65. The Morgan fingerprint density at radius 3 is 2.94 bits per heavy atom. The van der Waals surface area contributed by atoms with E-state index in [-0.39, 0.29) is 6.61 Å². The van der Waals surface area contributed by atoms with Gasteiger partial charge in [0.05, 0.1) is 12.3 Å². The number of aromatic nitrogens is 3. The van der Waals surface area contributed by atoms with Crippen molar-refractivity contribution in [3.8, 4) is 0 Å². The lowest BCUT2D eigenvalue weighted by Gasteiger charge is -2.11. The Bertz CT molecular complexity index is 352. The quantitative estimate of drug-likeness (QED) is 0.662. The van der Waals surface area contributed by atoms with E-state index in [0.717, 1.165) is 5.69 Å². The van der Waals surface area contributed by atoms with Crippen LogP contribution in [-0.4, -0.2) is 46.7 Å². The monoisotopic (exact) mass is 241 g/mol. The number of carbonyl (C=O) groups is 1. The van der Waals surface area contributed by atoms with Crippen molar-refractivity contribution in [2.45, 2.75) is 26.3 Å². The molecule has 96 valence electrons. The van der Waals surface area contributed by atoms with Crippen LogP contribution in [0, 0.1) is 5.92 Å². The number of aliphatic hydroxyl groups is 1. The molecule has 1 aromatic rings. The highest BCUT2D eigenvalue weighted by atomic mass is 16.5. The molecule has 1 atom stereocenters. The van der Waals surface area contributed by atoms with Gasteiger partial charge in [-0.2, -0.15) is 0 Å². The van der Waals surface area contributed by atoms with Gasteiger partial charge in [0.25, 0.3) is 0 Å². The summed E-state index contributed by atoms with van der Waals surface area (Å²) < 4.78 is 6.72. The first-order valence-electron chi connectivity index (χ1n) is 5.70. The first-order chi connectivity index (χ1) is 8.22. The summed E-state index contributed by atoms with van der Waals surface area (Å²) in [6, 6.07) is 0. The molecule has 0 fully saturated rings. The van der Waals surface area contributed by atoms with E-state index < -0.39 is 0 Å². The smallest absolute Gasteiger partial charge is 0.172 e. The molecule has 1 rings (SSSR count). The molecule has 1 aromatic heterocycles. The van der Waals surface area contributed by atoms with Crippen molar-refractivity contribution >= 4 is 6.29 Å². The summed E-state index contributed by atoms with van der Waals surface area (Å²) in [5, 5.41) is 16.6. The summed E-state index contributed by atoms with van der Waals surface area (Å²) in [6.45, 7) is 3.37. The topological polar surface area (TPSA) is 77.2 Å². The average Bonchev–Trinajstić information content (AvgIpc) is 2.69. The lowest BCUT2D eigenvalue weighted by Crippen LogP contribution is -2.14. The molecular weight excluding hydrogens is 222 g/mol. The van der Waals surface area contributed by atoms with E-state index in [9.17, 15) is 4.79 Å². The van der Waals surface area contributed by atoms with Gasteiger partial charge in [0.1, 0.15) is 5.69 Å². The van der Waals surface area contributed by atoms with Gasteiger partial charge in [-0.05, 0) is 12.3 Å². The molecule has 0 aliphatic carbocycles. The molecule has 0 spiro atoms. The summed E-state index contributed by atoms with van der Waals surface area (Å²) in [6.07, 6.45) is 2.04. The molecule has 0 aliphatic rings. The summed E-state index contributed by atoms with van der Waals surface area (Å²) in [7, 11) is 1.61. The van der Waals surface area contributed by atoms with Gasteiger partial charge in [-0.3, -0.25) is 4.79 Å². The van der Waals surface area contributed by atoms with Crippen molar-refractivity contribution in [2.24, 2.45) is 5.92 Å². The van der Waals surface area contributed by atoms with Gasteiger partial charge in [0.2, 0.25) is 0 Å². The third kappa shape index (κ3) is 3.90. The Kier molecular flexibility index (Phi) is 5.79. The minimum absolute atomic E-state index is 0.157. The number of nitrogens with zero attached hydrogens (tertiary/aromatic N) is 3. The fraction of sp³-hybridized carbons (Fsp3) is 0.727. The van der Waals surface area contributed by atoms with Gasteiger partial charge >= 0.3 is 0 Å². The maximum Gasteiger partial charge on any atom is 0.172 e. The number of ether oxygens (including phenoxy) is 1. The minimum atomic E-state index is 0.157. The van der Waals surface area contributed by atoms with Gasteiger partial charge < -0.3 is 9.84 Å². The van der Waals surface area contributed by atoms with E-state index in [1.807, 2.05) is 6.92 Å². The molecule has 6 nitrogen and oxygen atoms in total. The van der Waals surface area contributed by atoms with E-state index in [1.165, 1.54) is 0 Å². The zero-order valence-electron chi connectivity index (χ0n) is 10.3. The number of aliphatic hydroxyl groups excluding tert-OH is 1. The maximum absolute atomic E-state index is 10.8. The van der Waals surface area contributed by atoms with E-state index >= 15 is 0 Å². The molecule has 1 N–H and O–H groups in total. The lowest BCUT2D eigenvalue weighted by molar-refractivity contribution is 0.111. The van der Waals surface area contributed by atoms with E-state index in [2.05, 4.69) is 10.3 Å². The summed E-state index contributed by atoms with van der Waals surface area (Å²) in [5.74, 6) is 0.294. The number of hydrogen-bond donors (Lipinski definition) is 1. The number of aldehydes is 1. The van der Waals surface area contributed by atoms with Crippen LogP contribution in [0.15, 0.2) is 0 Å². The van der Waals surface area contributed by atoms with Crippen LogP contribution < -0.4 is 0 Å². The highest BCUT2D eigenvalue weighted by Gasteiger charge is 2.13. The molecule has 6 heteroatoms. The van der Waals surface area contributed by atoms with Gasteiger partial charge in [0, 0.05) is 26.7 Å². The van der Waals surface area contributed by atoms with Crippen molar-refractivity contribution in [2.75, 3.05) is 20.3 Å². The summed E-state index contributed by atoms with van der Waals surface area (Å²) >= 11 is 0. The molecular formula is C11H19N3O3. The normalized spacial score (nSPS) is 12.6. The Labute approximate surface area is 101 Å². The van der Waals surface area contributed by atoms with Crippen molar-refractivity contribution in [3.05, 3.63) is 11.4 Å². The molecule has 1 heterocycles. The third-order valence-corrected chi connectivity index (χ3v) is 2.63. The van der Waals surface area contributed by atoms with Crippen molar-refractivity contribution in [1.29, 1.82) is 0 Å². The van der Waals surface area contributed by atoms with Crippen LogP contribution >= 0.6 is 0 Å². The second-order valence-electron chi connectivity index (χ2n) is 4.08. The van der Waals surface area contributed by atoms with Crippen LogP contribution in [0.3, 0.4) is 0 Å². The van der Waals surface area contributed by atoms with Gasteiger partial charge in [-0.15, -0.1) is 5.10 Å². The van der Waals surface area contributed by atoms with Gasteiger partial charge in [0.15, 0.2) is 6.29 Å². The number of hydrogen-bond acceptors (Lipinski definition) is 5. The summed E-state index contributed by atoms with van der Waals surface area (Å²) in [5.41, 5.74) is 1.17. The molecule has 0 bridgehead atoms. The van der Waals surface area contributed by atoms with Gasteiger partial charge in [-0.25, -0.2) is 4.68 Å². The van der Waals surface area contributed by atoms with E-state index in [0.29, 0.717) is 43.9 Å². The lowest BCUT2D eigenvalue weighted by atomic mass is 10.1. The Balaban J connectivity index is 2.75. The molecule has 0 radical (unpaired) electrons. The van der Waals surface area contributed by atoms with Crippen LogP contribution in [0.2, 0.25) is 0 Å². The standard InChI is InChI=1S/C11H19N3O3/c1-9(3-5-15)7-14-11(4-6-17-2)10(8-16)12-13-14/h8-9,15H,3-7H2,1-2H3. The zero-order chi connectivity index (χ0) is 12.7. The SMILES string of the molecule is COCCc1c(C=O)nnn1CC(C)CCO. The molecule has 17 heavy (non-hydrogen) atoms. The highest BCUT2D eigenvalue weighted by molar-refractivity contribution is 5.73. The average molecular weight is 241 g/mol. The van der Waals surface area contributed by atoms with Crippen LogP contribution in [0.1, 0.15) is 29.5 Å². The first-order valence-corrected chi connectivity index (χ1v) is 5.70. The van der Waals surface area contributed by atoms with E-state index in [4.69, 9.17) is 9.84 Å². The Morgan fingerprint density at radius 2 is 2.35 bits per heavy atom. The molecule has 0 saturated heterocycles. The Hall–Kier alpha value is -1.27. The summed E-state index contributed by atoms with van der Waals surface area (Å²) in [4.78, 5) is 10.8. The highest BCUT2D eigenvalue weighted by Crippen LogP contribution is 2.10. The molecule has 0 amide bonds. The first kappa shape index (κ1) is 13.8. The zero-order valence-corrected chi connectivity index (χ0v) is 10.3. The van der Waals surface area contributed by atoms with Crippen molar-refractivity contribution in [3.63, 3.8) is 0 Å². The van der Waals surface area contributed by atoms with Crippen LogP contribution in [-0.2, 0) is 17.7 Å². The van der Waals surface area contributed by atoms with Gasteiger partial charge in [-0.1, -0.05) is 12.1 Å². The maximum atomic E-state index is 10.8. The third-order valence-electron chi connectivity index (χ3n) is 2.63. The predicted octanol–water partition coefficient (Wildman–Crippen LogP) is 0.298. The van der Waals surface area contributed by atoms with Crippen molar-refractivity contribution < 1.29 is 14.6 Å². The van der Waals surface area contributed by atoms with Crippen molar-refractivity contribution in [1.82, 2.24) is 15.0 Å². The second-order valence-corrected chi connectivity index (χ2v) is 4.08. The van der Waals surface area contributed by atoms with Crippen LogP contribution in [0.25, 0.3) is 0 Å².